The molecule has 3 heterocycles. The molecular weight excluding hydrogens is 354 g/mol. The number of amides is 1. The van der Waals surface area contributed by atoms with E-state index in [1.54, 1.807) is 6.20 Å². The number of aromatic nitrogens is 2. The Hall–Kier alpha value is -3.02. The average molecular weight is 377 g/mol. The maximum absolute atomic E-state index is 13.1. The van der Waals surface area contributed by atoms with Crippen LogP contribution >= 0.6 is 0 Å². The Kier molecular flexibility index (Phi) is 3.50. The average Bonchev–Trinajstić information content (AvgIpc) is 3.13. The number of hydrogen-bond donors (Lipinski definition) is 2. The fourth-order valence-electron chi connectivity index (χ4n) is 3.70. The number of nitrogens with zero attached hydrogens (tertiary/aromatic N) is 1. The quantitative estimate of drug-likeness (QED) is 0.715. The lowest BCUT2D eigenvalue weighted by molar-refractivity contribution is -0.118. The molecular formula is C22H23N3O3. The van der Waals surface area contributed by atoms with E-state index in [0.29, 0.717) is 11.4 Å². The van der Waals surface area contributed by atoms with Crippen molar-refractivity contribution in [2.75, 3.05) is 12.1 Å². The van der Waals surface area contributed by atoms with Crippen LogP contribution in [0.4, 0.5) is 5.69 Å². The van der Waals surface area contributed by atoms with Gasteiger partial charge in [-0.2, -0.15) is 0 Å². The minimum absolute atomic E-state index is 0.000837. The lowest BCUT2D eigenvalue weighted by Crippen LogP contribution is -2.27. The molecule has 1 aliphatic heterocycles. The lowest BCUT2D eigenvalue weighted by atomic mass is 9.92. The lowest BCUT2D eigenvalue weighted by Gasteiger charge is -2.16. The van der Waals surface area contributed by atoms with E-state index in [2.05, 4.69) is 42.1 Å². The molecule has 0 saturated heterocycles. The number of aromatic amines is 1. The topological polar surface area (TPSA) is 76.2 Å². The number of nitrogens with one attached hydrogen (secondary N) is 2. The first kappa shape index (κ1) is 17.1. The van der Waals surface area contributed by atoms with E-state index in [1.807, 2.05) is 24.3 Å². The van der Waals surface area contributed by atoms with Gasteiger partial charge in [0, 0.05) is 16.5 Å². The zero-order chi connectivity index (χ0) is 19.5. The third kappa shape index (κ3) is 2.71. The Morgan fingerprint density at radius 3 is 2.68 bits per heavy atom. The monoisotopic (exact) mass is 377 g/mol. The van der Waals surface area contributed by atoms with Gasteiger partial charge in [0.05, 0.1) is 17.3 Å². The minimum atomic E-state index is -0.495. The molecule has 1 aromatic carbocycles. The third-order valence-electron chi connectivity index (χ3n) is 5.65. The number of benzene rings is 1. The van der Waals surface area contributed by atoms with E-state index >= 15 is 0 Å². The molecule has 0 unspecified atom stereocenters. The number of carbonyl (C=O) groups is 1. The molecule has 6 nitrogen and oxygen atoms in total. The second kappa shape index (κ2) is 5.74. The summed E-state index contributed by atoms with van der Waals surface area (Å²) in [5, 5.41) is 4.06. The zero-order valence-corrected chi connectivity index (χ0v) is 16.3. The summed E-state index contributed by atoms with van der Waals surface area (Å²) in [7, 11) is 0. The molecule has 28 heavy (non-hydrogen) atoms. The van der Waals surface area contributed by atoms with Crippen LogP contribution in [0.1, 0.15) is 44.9 Å². The summed E-state index contributed by atoms with van der Waals surface area (Å²) in [4.78, 5) is 20.9. The zero-order valence-electron chi connectivity index (χ0n) is 16.3. The summed E-state index contributed by atoms with van der Waals surface area (Å²) in [5.74, 6) is 1.44. The van der Waals surface area contributed by atoms with E-state index in [1.165, 1.54) is 0 Å². The highest BCUT2D eigenvalue weighted by molar-refractivity contribution is 6.02. The van der Waals surface area contributed by atoms with Gasteiger partial charge in [-0.05, 0) is 42.7 Å². The van der Waals surface area contributed by atoms with Gasteiger partial charge in [-0.25, -0.2) is 4.98 Å². The van der Waals surface area contributed by atoms with Crippen molar-refractivity contribution < 1.29 is 14.3 Å². The van der Waals surface area contributed by atoms with Crippen molar-refractivity contribution in [1.29, 1.82) is 0 Å². The molecule has 1 fully saturated rings. The van der Waals surface area contributed by atoms with Gasteiger partial charge >= 0.3 is 0 Å². The van der Waals surface area contributed by atoms with E-state index in [0.717, 1.165) is 40.9 Å². The molecule has 5 rings (SSSR count). The predicted molar refractivity (Wildman–Crippen MR) is 107 cm³/mol. The van der Waals surface area contributed by atoms with Gasteiger partial charge in [-0.15, -0.1) is 0 Å². The van der Waals surface area contributed by atoms with Crippen LogP contribution in [0, 0.1) is 0 Å². The second-order valence-corrected chi connectivity index (χ2v) is 8.70. The molecule has 2 aliphatic rings. The number of rotatable bonds is 3. The van der Waals surface area contributed by atoms with Gasteiger partial charge in [-0.3, -0.25) is 4.79 Å². The Morgan fingerprint density at radius 2 is 1.93 bits per heavy atom. The fourth-order valence-corrected chi connectivity index (χ4v) is 3.70. The highest BCUT2D eigenvalue weighted by Gasteiger charge is 2.51. The highest BCUT2D eigenvalue weighted by Crippen LogP contribution is 2.51. The highest BCUT2D eigenvalue weighted by atomic mass is 16.7. The van der Waals surface area contributed by atoms with Crippen molar-refractivity contribution in [1.82, 2.24) is 9.97 Å². The van der Waals surface area contributed by atoms with Crippen molar-refractivity contribution in [2.24, 2.45) is 0 Å². The van der Waals surface area contributed by atoms with E-state index in [-0.39, 0.29) is 18.1 Å². The first-order valence-corrected chi connectivity index (χ1v) is 9.56. The largest absolute Gasteiger partial charge is 0.454 e. The summed E-state index contributed by atoms with van der Waals surface area (Å²) in [6.07, 6.45) is 3.36. The molecule has 1 saturated carbocycles. The van der Waals surface area contributed by atoms with Gasteiger partial charge in [0.2, 0.25) is 12.7 Å². The second-order valence-electron chi connectivity index (χ2n) is 8.70. The molecule has 2 N–H and O–H groups in total. The van der Waals surface area contributed by atoms with Gasteiger partial charge < -0.3 is 19.8 Å². The summed E-state index contributed by atoms with van der Waals surface area (Å²) >= 11 is 0. The van der Waals surface area contributed by atoms with Crippen molar-refractivity contribution >= 4 is 22.6 Å². The normalized spacial score (nSPS) is 17.0. The van der Waals surface area contributed by atoms with Crippen LogP contribution in [0.5, 0.6) is 11.5 Å². The van der Waals surface area contributed by atoms with Crippen LogP contribution < -0.4 is 14.8 Å². The Labute approximate surface area is 163 Å². The molecule has 6 heteroatoms. The number of anilines is 1. The Morgan fingerprint density at radius 1 is 1.14 bits per heavy atom. The molecule has 3 aromatic rings. The van der Waals surface area contributed by atoms with Crippen LogP contribution in [0.15, 0.2) is 36.5 Å². The number of hydrogen-bond acceptors (Lipinski definition) is 4. The van der Waals surface area contributed by atoms with Crippen LogP contribution in [0.25, 0.3) is 11.0 Å². The maximum atomic E-state index is 13.1. The van der Waals surface area contributed by atoms with Crippen molar-refractivity contribution in [3.05, 3.63) is 47.8 Å². The molecule has 144 valence electrons. The van der Waals surface area contributed by atoms with Crippen LogP contribution in [0.3, 0.4) is 0 Å². The fraction of sp³-hybridized carbons (Fsp3) is 0.364. The van der Waals surface area contributed by atoms with Gasteiger partial charge in [0.25, 0.3) is 0 Å². The molecule has 0 radical (unpaired) electrons. The number of fused-ring (bicyclic) bond motifs is 2. The van der Waals surface area contributed by atoms with Crippen LogP contribution in [-0.4, -0.2) is 22.7 Å². The molecule has 2 aromatic heterocycles. The van der Waals surface area contributed by atoms with Gasteiger partial charge in [-0.1, -0.05) is 26.8 Å². The first-order chi connectivity index (χ1) is 13.3. The number of ether oxygens (including phenoxy) is 2. The minimum Gasteiger partial charge on any atom is -0.454 e. The van der Waals surface area contributed by atoms with E-state index < -0.39 is 5.41 Å². The Balaban J connectivity index is 1.40. The molecule has 1 amide bonds. The molecule has 0 spiro atoms. The SMILES string of the molecule is CC(C)(C)c1cc2cc(NC(=O)C3(c4ccc5c(c4)OCO5)CC3)cnc2[nH]1. The summed E-state index contributed by atoms with van der Waals surface area (Å²) in [6.45, 7) is 6.70. The first-order valence-electron chi connectivity index (χ1n) is 9.56. The summed E-state index contributed by atoms with van der Waals surface area (Å²) in [6, 6.07) is 9.85. The smallest absolute Gasteiger partial charge is 0.235 e. The van der Waals surface area contributed by atoms with Crippen LogP contribution in [0.2, 0.25) is 0 Å². The van der Waals surface area contributed by atoms with Crippen molar-refractivity contribution in [3.63, 3.8) is 0 Å². The Bertz CT molecular complexity index is 1090. The number of carbonyl (C=O) groups excluding carboxylic acids is 1. The summed E-state index contributed by atoms with van der Waals surface area (Å²) in [5.41, 5.74) is 3.16. The number of pyridine rings is 1. The molecule has 1 aliphatic carbocycles. The van der Waals surface area contributed by atoms with Crippen LogP contribution in [-0.2, 0) is 15.6 Å². The molecule has 0 atom stereocenters. The van der Waals surface area contributed by atoms with E-state index in [9.17, 15) is 4.79 Å². The van der Waals surface area contributed by atoms with E-state index in [4.69, 9.17) is 9.47 Å². The van der Waals surface area contributed by atoms with Crippen molar-refractivity contribution in [2.45, 2.75) is 44.4 Å². The maximum Gasteiger partial charge on any atom is 0.235 e. The van der Waals surface area contributed by atoms with Crippen molar-refractivity contribution in [3.8, 4) is 11.5 Å². The molecule has 0 bridgehead atoms. The number of H-pyrrole nitrogens is 1. The summed E-state index contributed by atoms with van der Waals surface area (Å²) < 4.78 is 10.8. The van der Waals surface area contributed by atoms with Gasteiger partial charge in [0.15, 0.2) is 11.5 Å². The predicted octanol–water partition coefficient (Wildman–Crippen LogP) is 4.26. The third-order valence-corrected chi connectivity index (χ3v) is 5.65. The standard InChI is InChI=1S/C22H23N3O3/c1-21(2,3)18-9-13-8-15(11-23-19(13)25-18)24-20(26)22(6-7-22)14-4-5-16-17(10-14)28-12-27-16/h4-5,8-11H,6-7,12H2,1-3H3,(H,23,25)(H,24,26). The van der Waals surface area contributed by atoms with Gasteiger partial charge in [0.1, 0.15) is 5.65 Å².